The molecular formula is C22H22ClN3O4. The standard InChI is InChI=1S/C22H21N3O4.ClH/c1-29-18-9-5-6-15(12-18)20-19(14-25(23-20)17-7-3-2-4-8-17)21(26)24-11-10-16(13-24)22(27)28;/h2-9,12,14,16H,10-11,13H2,1H3,(H,27,28);1H. The molecule has 8 heteroatoms. The summed E-state index contributed by atoms with van der Waals surface area (Å²) in [5, 5.41) is 13.9. The summed E-state index contributed by atoms with van der Waals surface area (Å²) in [5.74, 6) is -0.937. The molecule has 4 rings (SSSR count). The minimum Gasteiger partial charge on any atom is -0.497 e. The summed E-state index contributed by atoms with van der Waals surface area (Å²) in [6.07, 6.45) is 2.17. The normalized spacial score (nSPS) is 15.5. The third-order valence-corrected chi connectivity index (χ3v) is 5.13. The number of halogens is 1. The maximum Gasteiger partial charge on any atom is 0.308 e. The minimum atomic E-state index is -0.867. The van der Waals surface area contributed by atoms with Crippen molar-refractivity contribution in [3.05, 3.63) is 66.4 Å². The Kier molecular flexibility index (Phi) is 6.42. The molecular weight excluding hydrogens is 406 g/mol. The highest BCUT2D eigenvalue weighted by atomic mass is 35.5. The lowest BCUT2D eigenvalue weighted by Crippen LogP contribution is -2.30. The van der Waals surface area contributed by atoms with E-state index in [-0.39, 0.29) is 24.9 Å². The number of hydrogen-bond acceptors (Lipinski definition) is 4. The molecule has 1 amide bonds. The molecule has 1 N–H and O–H groups in total. The van der Waals surface area contributed by atoms with Gasteiger partial charge in [-0.15, -0.1) is 12.4 Å². The zero-order valence-electron chi connectivity index (χ0n) is 16.4. The van der Waals surface area contributed by atoms with Crippen molar-refractivity contribution in [1.82, 2.24) is 14.7 Å². The quantitative estimate of drug-likeness (QED) is 0.673. The van der Waals surface area contributed by atoms with E-state index in [4.69, 9.17) is 4.74 Å². The van der Waals surface area contributed by atoms with E-state index < -0.39 is 11.9 Å². The van der Waals surface area contributed by atoms with Crippen molar-refractivity contribution < 1.29 is 19.4 Å². The topological polar surface area (TPSA) is 84.7 Å². The fraction of sp³-hybridized carbons (Fsp3) is 0.227. The summed E-state index contributed by atoms with van der Waals surface area (Å²) in [7, 11) is 1.59. The molecule has 1 aliphatic heterocycles. The molecule has 30 heavy (non-hydrogen) atoms. The number of para-hydroxylation sites is 1. The van der Waals surface area contributed by atoms with E-state index in [0.29, 0.717) is 30.0 Å². The molecule has 7 nitrogen and oxygen atoms in total. The molecule has 0 bridgehead atoms. The zero-order chi connectivity index (χ0) is 20.4. The summed E-state index contributed by atoms with van der Waals surface area (Å²) < 4.78 is 6.99. The highest BCUT2D eigenvalue weighted by Crippen LogP contribution is 2.29. The molecule has 1 aromatic heterocycles. The highest BCUT2D eigenvalue weighted by Gasteiger charge is 2.33. The van der Waals surface area contributed by atoms with Gasteiger partial charge in [0.1, 0.15) is 11.4 Å². The molecule has 1 aliphatic rings. The van der Waals surface area contributed by atoms with Gasteiger partial charge in [-0.05, 0) is 30.7 Å². The Morgan fingerprint density at radius 1 is 1.13 bits per heavy atom. The van der Waals surface area contributed by atoms with Gasteiger partial charge in [0.2, 0.25) is 0 Å². The predicted octanol–water partition coefficient (Wildman–Crippen LogP) is 3.52. The number of ether oxygens (including phenoxy) is 1. The lowest BCUT2D eigenvalue weighted by Gasteiger charge is -2.15. The average molecular weight is 428 g/mol. The van der Waals surface area contributed by atoms with Crippen LogP contribution in [0.5, 0.6) is 5.75 Å². The number of hydrogen-bond donors (Lipinski definition) is 1. The molecule has 1 saturated heterocycles. The van der Waals surface area contributed by atoms with Gasteiger partial charge in [-0.1, -0.05) is 30.3 Å². The third-order valence-electron chi connectivity index (χ3n) is 5.13. The molecule has 0 aliphatic carbocycles. The molecule has 0 spiro atoms. The average Bonchev–Trinajstić information content (AvgIpc) is 3.42. The van der Waals surface area contributed by atoms with Gasteiger partial charge in [0.05, 0.1) is 24.3 Å². The maximum absolute atomic E-state index is 13.3. The van der Waals surface area contributed by atoms with Gasteiger partial charge >= 0.3 is 5.97 Å². The Labute approximate surface area is 180 Å². The van der Waals surface area contributed by atoms with Crippen LogP contribution in [-0.4, -0.2) is 51.9 Å². The maximum atomic E-state index is 13.3. The molecule has 0 saturated carbocycles. The molecule has 1 fully saturated rings. The number of carboxylic acids is 1. The van der Waals surface area contributed by atoms with Gasteiger partial charge in [0.25, 0.3) is 5.91 Å². The van der Waals surface area contributed by atoms with E-state index in [1.807, 2.05) is 54.6 Å². The number of aliphatic carboxylic acids is 1. The van der Waals surface area contributed by atoms with Gasteiger partial charge in [-0.2, -0.15) is 5.10 Å². The van der Waals surface area contributed by atoms with E-state index >= 15 is 0 Å². The second kappa shape index (κ2) is 9.00. The van der Waals surface area contributed by atoms with Gasteiger partial charge in [-0.3, -0.25) is 9.59 Å². The first-order valence-corrected chi connectivity index (χ1v) is 9.38. The first kappa shape index (κ1) is 21.4. The molecule has 1 unspecified atom stereocenters. The number of likely N-dealkylation sites (tertiary alicyclic amines) is 1. The monoisotopic (exact) mass is 427 g/mol. The summed E-state index contributed by atoms with van der Waals surface area (Å²) >= 11 is 0. The van der Waals surface area contributed by atoms with Crippen molar-refractivity contribution in [3.63, 3.8) is 0 Å². The van der Waals surface area contributed by atoms with Crippen LogP contribution in [0.25, 0.3) is 16.9 Å². The third kappa shape index (κ3) is 4.16. The van der Waals surface area contributed by atoms with Gasteiger partial charge in [0.15, 0.2) is 0 Å². The van der Waals surface area contributed by atoms with Crippen molar-refractivity contribution in [1.29, 1.82) is 0 Å². The Morgan fingerprint density at radius 3 is 2.57 bits per heavy atom. The van der Waals surface area contributed by atoms with Gasteiger partial charge in [0, 0.05) is 24.8 Å². The van der Waals surface area contributed by atoms with Crippen LogP contribution in [0.15, 0.2) is 60.8 Å². The Bertz CT molecular complexity index is 1050. The number of rotatable bonds is 5. The van der Waals surface area contributed by atoms with Crippen molar-refractivity contribution in [2.24, 2.45) is 5.92 Å². The first-order valence-electron chi connectivity index (χ1n) is 9.38. The largest absolute Gasteiger partial charge is 0.497 e. The van der Waals surface area contributed by atoms with E-state index in [9.17, 15) is 14.7 Å². The molecule has 0 radical (unpaired) electrons. The number of benzene rings is 2. The van der Waals surface area contributed by atoms with Crippen molar-refractivity contribution in [2.45, 2.75) is 6.42 Å². The Hall–Kier alpha value is -3.32. The molecule has 1 atom stereocenters. The predicted molar refractivity (Wildman–Crippen MR) is 114 cm³/mol. The van der Waals surface area contributed by atoms with Crippen LogP contribution in [0, 0.1) is 5.92 Å². The summed E-state index contributed by atoms with van der Waals surface area (Å²) in [5.41, 5.74) is 2.57. The fourth-order valence-corrected chi connectivity index (χ4v) is 3.54. The number of nitrogens with zero attached hydrogens (tertiary/aromatic N) is 3. The number of amides is 1. The Balaban J connectivity index is 0.00000256. The molecule has 2 aromatic carbocycles. The van der Waals surface area contributed by atoms with E-state index in [0.717, 1.165) is 11.3 Å². The zero-order valence-corrected chi connectivity index (χ0v) is 17.2. The van der Waals surface area contributed by atoms with E-state index in [1.165, 1.54) is 0 Å². The van der Waals surface area contributed by atoms with Gasteiger partial charge in [-0.25, -0.2) is 4.68 Å². The lowest BCUT2D eigenvalue weighted by molar-refractivity contribution is -0.141. The summed E-state index contributed by atoms with van der Waals surface area (Å²) in [4.78, 5) is 26.1. The highest BCUT2D eigenvalue weighted by molar-refractivity contribution is 6.00. The van der Waals surface area contributed by atoms with Crippen LogP contribution >= 0.6 is 12.4 Å². The van der Waals surface area contributed by atoms with Crippen molar-refractivity contribution in [3.8, 4) is 22.7 Å². The number of carboxylic acid groups (broad SMARTS) is 1. The second-order valence-corrected chi connectivity index (χ2v) is 6.98. The first-order chi connectivity index (χ1) is 14.1. The van der Waals surface area contributed by atoms with Crippen LogP contribution < -0.4 is 4.74 Å². The fourth-order valence-electron chi connectivity index (χ4n) is 3.54. The van der Waals surface area contributed by atoms with E-state index in [1.54, 1.807) is 22.9 Å². The molecule has 156 valence electrons. The van der Waals surface area contributed by atoms with Crippen LogP contribution in [0.4, 0.5) is 0 Å². The van der Waals surface area contributed by atoms with E-state index in [2.05, 4.69) is 5.10 Å². The van der Waals surface area contributed by atoms with Crippen LogP contribution in [0.3, 0.4) is 0 Å². The number of carbonyl (C=O) groups is 2. The second-order valence-electron chi connectivity index (χ2n) is 6.98. The summed E-state index contributed by atoms with van der Waals surface area (Å²) in [6.45, 7) is 0.631. The number of aromatic nitrogens is 2. The van der Waals surface area contributed by atoms with Crippen LogP contribution in [0.1, 0.15) is 16.8 Å². The van der Waals surface area contributed by atoms with Crippen LogP contribution in [0.2, 0.25) is 0 Å². The summed E-state index contributed by atoms with van der Waals surface area (Å²) in [6, 6.07) is 16.9. The number of methoxy groups -OCH3 is 1. The molecule has 2 heterocycles. The molecule has 3 aromatic rings. The van der Waals surface area contributed by atoms with Crippen LogP contribution in [-0.2, 0) is 4.79 Å². The van der Waals surface area contributed by atoms with Crippen molar-refractivity contribution in [2.75, 3.05) is 20.2 Å². The Morgan fingerprint density at radius 2 is 1.90 bits per heavy atom. The number of carbonyl (C=O) groups excluding carboxylic acids is 1. The lowest BCUT2D eigenvalue weighted by atomic mass is 10.1. The van der Waals surface area contributed by atoms with Gasteiger partial charge < -0.3 is 14.7 Å². The smallest absolute Gasteiger partial charge is 0.308 e. The minimum absolute atomic E-state index is 0. The van der Waals surface area contributed by atoms with Crippen molar-refractivity contribution >= 4 is 24.3 Å². The SMILES string of the molecule is COc1cccc(-c2nn(-c3ccccc3)cc2C(=O)N2CCC(C(=O)O)C2)c1.Cl.